The molecule has 0 bridgehead atoms. The monoisotopic (exact) mass is 318 g/mol. The molecule has 6 nitrogen and oxygen atoms in total. The molecular formula is C17H26N4O2. The van der Waals surface area contributed by atoms with Gasteiger partial charge in [0.15, 0.2) is 0 Å². The van der Waals surface area contributed by atoms with Crippen molar-refractivity contribution in [3.8, 4) is 5.75 Å². The van der Waals surface area contributed by atoms with Gasteiger partial charge in [-0.25, -0.2) is 5.90 Å². The maximum atomic E-state index is 6.21. The Hall–Kier alpha value is -1.63. The lowest BCUT2D eigenvalue weighted by Crippen LogP contribution is -2.36. The van der Waals surface area contributed by atoms with E-state index in [9.17, 15) is 0 Å². The van der Waals surface area contributed by atoms with E-state index in [0.717, 1.165) is 50.1 Å². The van der Waals surface area contributed by atoms with Gasteiger partial charge in [-0.15, -0.1) is 0 Å². The van der Waals surface area contributed by atoms with Crippen LogP contribution in [0.5, 0.6) is 5.75 Å². The molecule has 2 aliphatic heterocycles. The van der Waals surface area contributed by atoms with Gasteiger partial charge in [0, 0.05) is 5.56 Å². The third-order valence-corrected chi connectivity index (χ3v) is 4.70. The number of fused-ring (bicyclic) bond motifs is 1. The van der Waals surface area contributed by atoms with E-state index >= 15 is 0 Å². The summed E-state index contributed by atoms with van der Waals surface area (Å²) in [6.45, 7) is 3.96. The van der Waals surface area contributed by atoms with Crippen LogP contribution in [0, 0.1) is 0 Å². The van der Waals surface area contributed by atoms with E-state index in [-0.39, 0.29) is 12.2 Å². The summed E-state index contributed by atoms with van der Waals surface area (Å²) < 4.78 is 5.98. The molecule has 2 atom stereocenters. The summed E-state index contributed by atoms with van der Waals surface area (Å²) in [5.41, 5.74) is 8.36. The predicted octanol–water partition coefficient (Wildman–Crippen LogP) is 1.12. The van der Waals surface area contributed by atoms with E-state index in [2.05, 4.69) is 16.4 Å². The third-order valence-electron chi connectivity index (χ3n) is 4.70. The summed E-state index contributed by atoms with van der Waals surface area (Å²) >= 11 is 0. The van der Waals surface area contributed by atoms with Gasteiger partial charge < -0.3 is 15.8 Å². The zero-order valence-corrected chi connectivity index (χ0v) is 13.6. The maximum absolute atomic E-state index is 6.21. The topological polar surface area (TPSA) is 94.9 Å². The first-order valence-electron chi connectivity index (χ1n) is 8.37. The number of nitrogens with two attached hydrogens (primary N) is 2. The normalized spacial score (nSPS) is 23.9. The number of piperidine rings is 1. The van der Waals surface area contributed by atoms with Crippen LogP contribution in [0.15, 0.2) is 23.2 Å². The number of hydrogen-bond donors (Lipinski definition) is 3. The van der Waals surface area contributed by atoms with Crippen molar-refractivity contribution in [1.29, 1.82) is 0 Å². The number of rotatable bonds is 4. The van der Waals surface area contributed by atoms with Crippen molar-refractivity contribution in [3.05, 3.63) is 29.3 Å². The Labute approximate surface area is 137 Å². The van der Waals surface area contributed by atoms with Gasteiger partial charge in [0.1, 0.15) is 23.8 Å². The van der Waals surface area contributed by atoms with Crippen molar-refractivity contribution >= 4 is 5.84 Å². The van der Waals surface area contributed by atoms with E-state index in [1.54, 1.807) is 0 Å². The number of amidine groups is 1. The molecule has 0 spiro atoms. The van der Waals surface area contributed by atoms with Gasteiger partial charge in [0.2, 0.25) is 0 Å². The van der Waals surface area contributed by atoms with Crippen molar-refractivity contribution in [2.24, 2.45) is 16.6 Å². The van der Waals surface area contributed by atoms with Gasteiger partial charge in [-0.05, 0) is 69.5 Å². The average Bonchev–Trinajstić information content (AvgIpc) is 2.61. The Morgan fingerprint density at radius 2 is 2.13 bits per heavy atom. The average molecular weight is 318 g/mol. The predicted molar refractivity (Wildman–Crippen MR) is 90.5 cm³/mol. The van der Waals surface area contributed by atoms with E-state index in [4.69, 9.17) is 21.2 Å². The molecule has 1 aromatic carbocycles. The standard InChI is InChI=1S/C17H26N4O2/c1-11(23-19)15-4-2-12-10-13(3-5-16(12)22-15)17(18)21-14-6-8-20-9-7-14/h3,5,10-11,14-15,20H,2,4,6-9,19H2,1H3,(H2,18,21). The van der Waals surface area contributed by atoms with Gasteiger partial charge in [-0.2, -0.15) is 0 Å². The highest BCUT2D eigenvalue weighted by atomic mass is 16.6. The molecule has 2 aliphatic rings. The second-order valence-corrected chi connectivity index (χ2v) is 6.35. The minimum absolute atomic E-state index is 0.000831. The van der Waals surface area contributed by atoms with Crippen LogP contribution in [-0.2, 0) is 11.3 Å². The fourth-order valence-electron chi connectivity index (χ4n) is 3.19. The van der Waals surface area contributed by atoms with Crippen molar-refractivity contribution in [2.75, 3.05) is 13.1 Å². The third kappa shape index (κ3) is 3.83. The molecule has 5 N–H and O–H groups in total. The Kier molecular flexibility index (Phi) is 5.15. The van der Waals surface area contributed by atoms with Crippen molar-refractivity contribution in [2.45, 2.75) is 50.9 Å². The number of benzene rings is 1. The fourth-order valence-corrected chi connectivity index (χ4v) is 3.19. The van der Waals surface area contributed by atoms with Crippen LogP contribution in [0.4, 0.5) is 0 Å². The summed E-state index contributed by atoms with van der Waals surface area (Å²) in [4.78, 5) is 9.57. The Bertz CT molecular complexity index is 570. The molecule has 3 rings (SSSR count). The van der Waals surface area contributed by atoms with E-state index in [1.165, 1.54) is 5.56 Å². The van der Waals surface area contributed by atoms with E-state index in [1.807, 2.05) is 19.1 Å². The molecule has 1 fully saturated rings. The lowest BCUT2D eigenvalue weighted by Gasteiger charge is -2.29. The summed E-state index contributed by atoms with van der Waals surface area (Å²) in [7, 11) is 0. The highest BCUT2D eigenvalue weighted by Gasteiger charge is 2.25. The number of aryl methyl sites for hydroxylation is 1. The SMILES string of the molecule is CC(ON)C1CCc2cc(C(N)=NC3CCNCC3)ccc2O1. The van der Waals surface area contributed by atoms with Gasteiger partial charge >= 0.3 is 0 Å². The number of aliphatic imine (C=N–C) groups is 1. The van der Waals surface area contributed by atoms with Crippen molar-refractivity contribution in [3.63, 3.8) is 0 Å². The number of nitrogens with zero attached hydrogens (tertiary/aromatic N) is 1. The minimum atomic E-state index is -0.116. The quantitative estimate of drug-likeness (QED) is 0.439. The molecule has 1 saturated heterocycles. The zero-order chi connectivity index (χ0) is 16.2. The van der Waals surface area contributed by atoms with Crippen molar-refractivity contribution < 1.29 is 9.57 Å². The molecule has 0 amide bonds. The van der Waals surface area contributed by atoms with Crippen LogP contribution < -0.4 is 21.7 Å². The first-order valence-corrected chi connectivity index (χ1v) is 8.37. The maximum Gasteiger partial charge on any atom is 0.127 e. The van der Waals surface area contributed by atoms with Crippen LogP contribution in [0.25, 0.3) is 0 Å². The zero-order valence-electron chi connectivity index (χ0n) is 13.6. The Balaban J connectivity index is 1.72. The largest absolute Gasteiger partial charge is 0.487 e. The molecule has 0 aliphatic carbocycles. The lowest BCUT2D eigenvalue weighted by molar-refractivity contribution is -0.0238. The first kappa shape index (κ1) is 16.2. The van der Waals surface area contributed by atoms with Gasteiger partial charge in [0.05, 0.1) is 6.04 Å². The molecule has 2 heterocycles. The van der Waals surface area contributed by atoms with Crippen molar-refractivity contribution in [1.82, 2.24) is 5.32 Å². The summed E-state index contributed by atoms with van der Waals surface area (Å²) in [6.07, 6.45) is 3.80. The summed E-state index contributed by atoms with van der Waals surface area (Å²) in [5, 5.41) is 3.34. The molecule has 0 aromatic heterocycles. The van der Waals surface area contributed by atoms with E-state index < -0.39 is 0 Å². The minimum Gasteiger partial charge on any atom is -0.487 e. The van der Waals surface area contributed by atoms with Crippen LogP contribution >= 0.6 is 0 Å². The summed E-state index contributed by atoms with van der Waals surface area (Å²) in [6, 6.07) is 6.38. The van der Waals surface area contributed by atoms with E-state index in [0.29, 0.717) is 11.9 Å². The van der Waals surface area contributed by atoms with Gasteiger partial charge in [0.25, 0.3) is 0 Å². The molecule has 1 aromatic rings. The van der Waals surface area contributed by atoms with Crippen LogP contribution in [0.3, 0.4) is 0 Å². The molecule has 0 radical (unpaired) electrons. The molecule has 6 heteroatoms. The van der Waals surface area contributed by atoms with Crippen LogP contribution in [0.1, 0.15) is 37.3 Å². The molecular weight excluding hydrogens is 292 g/mol. The van der Waals surface area contributed by atoms with Crippen LogP contribution in [-0.4, -0.2) is 37.2 Å². The number of ether oxygens (including phenoxy) is 1. The number of hydrogen-bond acceptors (Lipinski definition) is 5. The molecule has 2 unspecified atom stereocenters. The highest BCUT2D eigenvalue weighted by molar-refractivity contribution is 5.98. The molecule has 23 heavy (non-hydrogen) atoms. The van der Waals surface area contributed by atoms with Gasteiger partial charge in [-0.3, -0.25) is 9.83 Å². The molecule has 126 valence electrons. The molecule has 0 saturated carbocycles. The smallest absolute Gasteiger partial charge is 0.127 e. The second kappa shape index (κ2) is 7.29. The second-order valence-electron chi connectivity index (χ2n) is 6.35. The first-order chi connectivity index (χ1) is 11.2. The van der Waals surface area contributed by atoms with Crippen LogP contribution in [0.2, 0.25) is 0 Å². The summed E-state index contributed by atoms with van der Waals surface area (Å²) in [5.74, 6) is 6.78. The Morgan fingerprint density at radius 1 is 1.35 bits per heavy atom. The highest BCUT2D eigenvalue weighted by Crippen LogP contribution is 2.30. The number of nitrogens with one attached hydrogen (secondary N) is 1. The van der Waals surface area contributed by atoms with Gasteiger partial charge in [-0.1, -0.05) is 0 Å². The Morgan fingerprint density at radius 3 is 2.87 bits per heavy atom. The fraction of sp³-hybridized carbons (Fsp3) is 0.588. The lowest BCUT2D eigenvalue weighted by atomic mass is 9.97.